The average molecular weight is 368 g/mol. The monoisotopic (exact) mass is 368 g/mol. The lowest BCUT2D eigenvalue weighted by molar-refractivity contribution is -0.145. The largest absolute Gasteiger partial charge is 0.481 e. The SMILES string of the molecule is CC(C)(C)CC(=O)N1CCCC1C(=O)NCC(C(=O)O)C1CCOCC1. The molecular weight excluding hydrogens is 336 g/mol. The van der Waals surface area contributed by atoms with Crippen molar-refractivity contribution in [2.45, 2.75) is 58.9 Å². The minimum absolute atomic E-state index is 0.00522. The Labute approximate surface area is 155 Å². The molecule has 2 fully saturated rings. The zero-order valence-electron chi connectivity index (χ0n) is 16.1. The molecule has 148 valence electrons. The van der Waals surface area contributed by atoms with Gasteiger partial charge in [0.25, 0.3) is 0 Å². The number of aliphatic carboxylic acids is 1. The van der Waals surface area contributed by atoms with Crippen molar-refractivity contribution in [3.8, 4) is 0 Å². The smallest absolute Gasteiger partial charge is 0.308 e. The van der Waals surface area contributed by atoms with E-state index in [-0.39, 0.29) is 29.7 Å². The van der Waals surface area contributed by atoms with Gasteiger partial charge in [0.15, 0.2) is 0 Å². The second kappa shape index (κ2) is 8.84. The van der Waals surface area contributed by atoms with Crippen LogP contribution >= 0.6 is 0 Å². The molecule has 2 rings (SSSR count). The fourth-order valence-corrected chi connectivity index (χ4v) is 3.80. The van der Waals surface area contributed by atoms with Gasteiger partial charge in [-0.2, -0.15) is 0 Å². The summed E-state index contributed by atoms with van der Waals surface area (Å²) in [4.78, 5) is 38.4. The Bertz CT molecular complexity index is 523. The summed E-state index contributed by atoms with van der Waals surface area (Å²) in [6.45, 7) is 7.84. The third-order valence-electron chi connectivity index (χ3n) is 5.21. The van der Waals surface area contributed by atoms with E-state index in [0.29, 0.717) is 45.4 Å². The topological polar surface area (TPSA) is 95.9 Å². The summed E-state index contributed by atoms with van der Waals surface area (Å²) in [5, 5.41) is 12.3. The minimum Gasteiger partial charge on any atom is -0.481 e. The Kier molecular flexibility index (Phi) is 7.03. The van der Waals surface area contributed by atoms with E-state index in [1.165, 1.54) is 0 Å². The first-order chi connectivity index (χ1) is 12.2. The number of carboxylic acid groups (broad SMARTS) is 1. The molecule has 2 saturated heterocycles. The van der Waals surface area contributed by atoms with Crippen LogP contribution in [-0.4, -0.2) is 60.1 Å². The highest BCUT2D eigenvalue weighted by molar-refractivity contribution is 5.88. The highest BCUT2D eigenvalue weighted by Gasteiger charge is 2.36. The summed E-state index contributed by atoms with van der Waals surface area (Å²) in [6.07, 6.45) is 3.24. The molecule has 7 heteroatoms. The van der Waals surface area contributed by atoms with Crippen molar-refractivity contribution in [1.82, 2.24) is 10.2 Å². The van der Waals surface area contributed by atoms with Crippen LogP contribution in [0, 0.1) is 17.3 Å². The van der Waals surface area contributed by atoms with E-state index in [0.717, 1.165) is 6.42 Å². The number of nitrogens with zero attached hydrogens (tertiary/aromatic N) is 1. The molecule has 2 N–H and O–H groups in total. The highest BCUT2D eigenvalue weighted by atomic mass is 16.5. The number of carboxylic acids is 1. The third kappa shape index (κ3) is 5.69. The van der Waals surface area contributed by atoms with Crippen LogP contribution in [0.1, 0.15) is 52.9 Å². The molecular formula is C19H32N2O5. The van der Waals surface area contributed by atoms with Gasteiger partial charge < -0.3 is 20.1 Å². The fourth-order valence-electron chi connectivity index (χ4n) is 3.80. The van der Waals surface area contributed by atoms with Gasteiger partial charge in [0.2, 0.25) is 11.8 Å². The van der Waals surface area contributed by atoms with E-state index in [4.69, 9.17) is 4.74 Å². The van der Waals surface area contributed by atoms with Crippen molar-refractivity contribution in [2.75, 3.05) is 26.3 Å². The van der Waals surface area contributed by atoms with Gasteiger partial charge in [-0.05, 0) is 37.0 Å². The molecule has 2 aliphatic rings. The molecule has 0 saturated carbocycles. The van der Waals surface area contributed by atoms with Crippen molar-refractivity contribution in [1.29, 1.82) is 0 Å². The number of rotatable bonds is 6. The Balaban J connectivity index is 1.92. The Hall–Kier alpha value is -1.63. The molecule has 0 aromatic heterocycles. The molecule has 0 radical (unpaired) electrons. The number of amides is 2. The van der Waals surface area contributed by atoms with E-state index in [2.05, 4.69) is 5.32 Å². The van der Waals surface area contributed by atoms with Crippen molar-refractivity contribution < 1.29 is 24.2 Å². The molecule has 0 aromatic carbocycles. The first-order valence-corrected chi connectivity index (χ1v) is 9.57. The van der Waals surface area contributed by atoms with Crippen LogP contribution in [0.4, 0.5) is 0 Å². The molecule has 2 amide bonds. The molecule has 2 unspecified atom stereocenters. The van der Waals surface area contributed by atoms with Gasteiger partial charge in [-0.1, -0.05) is 20.8 Å². The maximum absolute atomic E-state index is 12.6. The number of carbonyl (C=O) groups excluding carboxylic acids is 2. The Morgan fingerprint density at radius 3 is 2.42 bits per heavy atom. The summed E-state index contributed by atoms with van der Waals surface area (Å²) >= 11 is 0. The van der Waals surface area contributed by atoms with E-state index in [1.807, 2.05) is 20.8 Å². The fraction of sp³-hybridized carbons (Fsp3) is 0.842. The van der Waals surface area contributed by atoms with Gasteiger partial charge in [0.05, 0.1) is 5.92 Å². The van der Waals surface area contributed by atoms with Crippen molar-refractivity contribution in [3.63, 3.8) is 0 Å². The van der Waals surface area contributed by atoms with Crippen LogP contribution in [0.3, 0.4) is 0 Å². The van der Waals surface area contributed by atoms with Crippen LogP contribution in [0.15, 0.2) is 0 Å². The predicted octanol–water partition coefficient (Wildman–Crippen LogP) is 1.66. The molecule has 2 atom stereocenters. The summed E-state index contributed by atoms with van der Waals surface area (Å²) < 4.78 is 5.29. The molecule has 0 bridgehead atoms. The number of hydrogen-bond acceptors (Lipinski definition) is 4. The zero-order valence-corrected chi connectivity index (χ0v) is 16.1. The molecule has 26 heavy (non-hydrogen) atoms. The summed E-state index contributed by atoms with van der Waals surface area (Å²) in [5.41, 5.74) is -0.127. The van der Waals surface area contributed by atoms with Crippen molar-refractivity contribution in [3.05, 3.63) is 0 Å². The van der Waals surface area contributed by atoms with E-state index in [9.17, 15) is 19.5 Å². The molecule has 0 aliphatic carbocycles. The average Bonchev–Trinajstić information content (AvgIpc) is 3.04. The summed E-state index contributed by atoms with van der Waals surface area (Å²) in [5.74, 6) is -1.71. The first kappa shape index (κ1) is 20.7. The van der Waals surface area contributed by atoms with E-state index in [1.54, 1.807) is 4.90 Å². The molecule has 2 aliphatic heterocycles. The van der Waals surface area contributed by atoms with Crippen molar-refractivity contribution >= 4 is 17.8 Å². The standard InChI is InChI=1S/C19H32N2O5/c1-19(2,3)11-16(22)21-8-4-5-15(21)17(23)20-12-14(18(24)25)13-6-9-26-10-7-13/h13-15H,4-12H2,1-3H3,(H,20,23)(H,24,25). The zero-order chi connectivity index (χ0) is 19.3. The Morgan fingerprint density at radius 1 is 1.19 bits per heavy atom. The summed E-state index contributed by atoms with van der Waals surface area (Å²) in [7, 11) is 0. The van der Waals surface area contributed by atoms with Gasteiger partial charge in [0.1, 0.15) is 6.04 Å². The first-order valence-electron chi connectivity index (χ1n) is 9.57. The third-order valence-corrected chi connectivity index (χ3v) is 5.21. The normalized spacial score (nSPS) is 22.9. The minimum atomic E-state index is -0.885. The number of likely N-dealkylation sites (tertiary alicyclic amines) is 1. The molecule has 0 aromatic rings. The second-order valence-electron chi connectivity index (χ2n) is 8.62. The number of hydrogen-bond donors (Lipinski definition) is 2. The van der Waals surface area contributed by atoms with Gasteiger partial charge in [-0.3, -0.25) is 14.4 Å². The second-order valence-corrected chi connectivity index (χ2v) is 8.62. The molecule has 7 nitrogen and oxygen atoms in total. The number of carbonyl (C=O) groups is 3. The van der Waals surface area contributed by atoms with Gasteiger partial charge in [-0.15, -0.1) is 0 Å². The van der Waals surface area contributed by atoms with E-state index >= 15 is 0 Å². The number of nitrogens with one attached hydrogen (secondary N) is 1. The van der Waals surface area contributed by atoms with Crippen LogP contribution in [-0.2, 0) is 19.1 Å². The van der Waals surface area contributed by atoms with Gasteiger partial charge in [0, 0.05) is 32.7 Å². The maximum Gasteiger partial charge on any atom is 0.308 e. The predicted molar refractivity (Wildman–Crippen MR) is 96.5 cm³/mol. The molecule has 2 heterocycles. The van der Waals surface area contributed by atoms with Crippen LogP contribution in [0.5, 0.6) is 0 Å². The van der Waals surface area contributed by atoms with Gasteiger partial charge >= 0.3 is 5.97 Å². The number of ether oxygens (including phenoxy) is 1. The summed E-state index contributed by atoms with van der Waals surface area (Å²) in [6, 6.07) is -0.478. The van der Waals surface area contributed by atoms with Crippen LogP contribution < -0.4 is 5.32 Å². The molecule has 0 spiro atoms. The Morgan fingerprint density at radius 2 is 1.85 bits per heavy atom. The highest BCUT2D eigenvalue weighted by Crippen LogP contribution is 2.26. The van der Waals surface area contributed by atoms with Gasteiger partial charge in [-0.25, -0.2) is 0 Å². The van der Waals surface area contributed by atoms with E-state index < -0.39 is 17.9 Å². The van der Waals surface area contributed by atoms with Crippen LogP contribution in [0.25, 0.3) is 0 Å². The van der Waals surface area contributed by atoms with Crippen LogP contribution in [0.2, 0.25) is 0 Å². The lowest BCUT2D eigenvalue weighted by atomic mass is 9.86. The lowest BCUT2D eigenvalue weighted by Crippen LogP contribution is -2.49. The lowest BCUT2D eigenvalue weighted by Gasteiger charge is -2.30. The van der Waals surface area contributed by atoms with Crippen molar-refractivity contribution in [2.24, 2.45) is 17.3 Å². The maximum atomic E-state index is 12.6. The quantitative estimate of drug-likeness (QED) is 0.743.